The van der Waals surface area contributed by atoms with Crippen LogP contribution in [-0.4, -0.2) is 56.7 Å². The number of fused-ring (bicyclic) bond motifs is 3. The van der Waals surface area contributed by atoms with Gasteiger partial charge in [0.2, 0.25) is 0 Å². The number of hydrogen-bond donors (Lipinski definition) is 1. The Labute approximate surface area is 193 Å². The Morgan fingerprint density at radius 2 is 1.88 bits per heavy atom. The number of benzene rings is 1. The second-order valence-electron chi connectivity index (χ2n) is 10.2. The van der Waals surface area contributed by atoms with Gasteiger partial charge in [-0.05, 0) is 63.1 Å². The molecule has 6 nitrogen and oxygen atoms in total. The van der Waals surface area contributed by atoms with E-state index < -0.39 is 0 Å². The van der Waals surface area contributed by atoms with E-state index in [2.05, 4.69) is 72.2 Å². The van der Waals surface area contributed by atoms with E-state index in [0.717, 1.165) is 43.7 Å². The van der Waals surface area contributed by atoms with Crippen LogP contribution < -0.4 is 5.32 Å². The Morgan fingerprint density at radius 3 is 2.62 bits per heavy atom. The van der Waals surface area contributed by atoms with Crippen LogP contribution in [0.4, 0.5) is 5.69 Å². The van der Waals surface area contributed by atoms with Crippen LogP contribution >= 0.6 is 0 Å². The molecule has 1 aromatic carbocycles. The standard InChI is InChI=1S/C26H39N5O/c1-18(2)14-21-15-25(29(5)28-21)26(32)30-16-20-8-6-7-9-24(20)27-13-12-22-10-11-23(17-30)31(22)19(3)4/h6-9,15,18-19,22-23,27H,10-14,16-17H2,1-5H3/t22-,23+/m1/s1. The van der Waals surface area contributed by atoms with Gasteiger partial charge in [0.15, 0.2) is 0 Å². The molecule has 2 atom stereocenters. The molecule has 4 rings (SSSR count). The highest BCUT2D eigenvalue weighted by atomic mass is 16.2. The van der Waals surface area contributed by atoms with Crippen molar-refractivity contribution in [3.8, 4) is 0 Å². The van der Waals surface area contributed by atoms with Crippen LogP contribution in [0.15, 0.2) is 30.3 Å². The summed E-state index contributed by atoms with van der Waals surface area (Å²) in [5.74, 6) is 0.592. The van der Waals surface area contributed by atoms with Crippen molar-refractivity contribution in [2.75, 3.05) is 18.4 Å². The number of para-hydroxylation sites is 1. The van der Waals surface area contributed by atoms with Gasteiger partial charge >= 0.3 is 0 Å². The van der Waals surface area contributed by atoms with Crippen LogP contribution in [0.1, 0.15) is 68.7 Å². The van der Waals surface area contributed by atoms with E-state index in [9.17, 15) is 4.79 Å². The van der Waals surface area contributed by atoms with E-state index in [-0.39, 0.29) is 5.91 Å². The molecule has 2 aromatic rings. The predicted molar refractivity (Wildman–Crippen MR) is 130 cm³/mol. The van der Waals surface area contributed by atoms with Gasteiger partial charge in [0.25, 0.3) is 5.91 Å². The van der Waals surface area contributed by atoms with E-state index in [1.165, 1.54) is 12.0 Å². The van der Waals surface area contributed by atoms with E-state index >= 15 is 0 Å². The highest BCUT2D eigenvalue weighted by Gasteiger charge is 2.37. The summed E-state index contributed by atoms with van der Waals surface area (Å²) in [6.07, 6.45) is 4.38. The lowest BCUT2D eigenvalue weighted by Crippen LogP contribution is -2.48. The molecule has 0 saturated carbocycles. The van der Waals surface area contributed by atoms with Crippen molar-refractivity contribution >= 4 is 11.6 Å². The van der Waals surface area contributed by atoms with Gasteiger partial charge in [0.05, 0.1) is 5.69 Å². The molecule has 1 fully saturated rings. The van der Waals surface area contributed by atoms with Crippen molar-refractivity contribution in [2.45, 2.75) is 78.0 Å². The molecule has 1 N–H and O–H groups in total. The number of hydrogen-bond acceptors (Lipinski definition) is 4. The van der Waals surface area contributed by atoms with E-state index in [4.69, 9.17) is 0 Å². The zero-order valence-electron chi connectivity index (χ0n) is 20.3. The number of amides is 1. The van der Waals surface area contributed by atoms with Crippen molar-refractivity contribution in [1.82, 2.24) is 19.6 Å². The summed E-state index contributed by atoms with van der Waals surface area (Å²) in [5, 5.41) is 8.30. The third-order valence-corrected chi connectivity index (χ3v) is 6.93. The summed E-state index contributed by atoms with van der Waals surface area (Å²) < 4.78 is 1.77. The summed E-state index contributed by atoms with van der Waals surface area (Å²) >= 11 is 0. The number of nitrogens with zero attached hydrogens (tertiary/aromatic N) is 4. The fraction of sp³-hybridized carbons (Fsp3) is 0.615. The Bertz CT molecular complexity index is 934. The first-order chi connectivity index (χ1) is 15.3. The number of carbonyl (C=O) groups is 1. The molecule has 6 heteroatoms. The minimum Gasteiger partial charge on any atom is -0.385 e. The molecule has 32 heavy (non-hydrogen) atoms. The van der Waals surface area contributed by atoms with Gasteiger partial charge < -0.3 is 10.2 Å². The highest BCUT2D eigenvalue weighted by molar-refractivity contribution is 5.92. The second-order valence-corrected chi connectivity index (χ2v) is 10.2. The topological polar surface area (TPSA) is 53.4 Å². The van der Waals surface area contributed by atoms with E-state index in [1.54, 1.807) is 4.68 Å². The van der Waals surface area contributed by atoms with Gasteiger partial charge in [-0.15, -0.1) is 0 Å². The van der Waals surface area contributed by atoms with Crippen LogP contribution in [0.25, 0.3) is 0 Å². The van der Waals surface area contributed by atoms with Crippen molar-refractivity contribution in [2.24, 2.45) is 13.0 Å². The molecule has 2 aliphatic rings. The van der Waals surface area contributed by atoms with Crippen LogP contribution in [0.2, 0.25) is 0 Å². The van der Waals surface area contributed by atoms with Gasteiger partial charge in [0.1, 0.15) is 5.69 Å². The number of anilines is 1. The highest BCUT2D eigenvalue weighted by Crippen LogP contribution is 2.31. The maximum Gasteiger partial charge on any atom is 0.272 e. The lowest BCUT2D eigenvalue weighted by Gasteiger charge is -2.36. The summed E-state index contributed by atoms with van der Waals surface area (Å²) in [5.41, 5.74) is 4.01. The normalized spacial score (nSPS) is 22.0. The van der Waals surface area contributed by atoms with Crippen molar-refractivity contribution in [3.05, 3.63) is 47.3 Å². The third kappa shape index (κ3) is 4.85. The molecule has 2 bridgehead atoms. The molecule has 3 heterocycles. The zero-order valence-corrected chi connectivity index (χ0v) is 20.3. The number of carbonyl (C=O) groups excluding carboxylic acids is 1. The Kier molecular flexibility index (Phi) is 6.89. The molecule has 0 aliphatic carbocycles. The van der Waals surface area contributed by atoms with Gasteiger partial charge in [0, 0.05) is 50.5 Å². The molecule has 1 aromatic heterocycles. The fourth-order valence-electron chi connectivity index (χ4n) is 5.59. The van der Waals surface area contributed by atoms with Crippen molar-refractivity contribution in [1.29, 1.82) is 0 Å². The van der Waals surface area contributed by atoms with E-state index in [1.807, 2.05) is 13.1 Å². The van der Waals surface area contributed by atoms with Crippen molar-refractivity contribution in [3.63, 3.8) is 0 Å². The average molecular weight is 438 g/mol. The third-order valence-electron chi connectivity index (χ3n) is 6.93. The molecule has 1 amide bonds. The molecule has 1 saturated heterocycles. The number of aryl methyl sites for hydroxylation is 1. The first-order valence-electron chi connectivity index (χ1n) is 12.2. The molecule has 0 spiro atoms. The smallest absolute Gasteiger partial charge is 0.272 e. The molecule has 0 unspecified atom stereocenters. The summed E-state index contributed by atoms with van der Waals surface area (Å²) in [6, 6.07) is 11.9. The average Bonchev–Trinajstić information content (AvgIpc) is 3.29. The monoisotopic (exact) mass is 437 g/mol. The molecular formula is C26H39N5O. The summed E-state index contributed by atoms with van der Waals surface area (Å²) in [6.45, 7) is 11.3. The SMILES string of the molecule is CC(C)Cc1cc(C(=O)N2Cc3ccccc3NCC[C@H]3CC[C@@H](C2)N3C(C)C)n(C)n1. The summed E-state index contributed by atoms with van der Waals surface area (Å²) in [4.78, 5) is 18.6. The molecule has 0 radical (unpaired) electrons. The van der Waals surface area contributed by atoms with E-state index in [0.29, 0.717) is 36.3 Å². The summed E-state index contributed by atoms with van der Waals surface area (Å²) in [7, 11) is 1.89. The Balaban J connectivity index is 1.68. The number of aromatic nitrogens is 2. The van der Waals surface area contributed by atoms with Gasteiger partial charge in [-0.2, -0.15) is 5.10 Å². The van der Waals surface area contributed by atoms with Crippen LogP contribution in [0, 0.1) is 5.92 Å². The maximum atomic E-state index is 13.9. The lowest BCUT2D eigenvalue weighted by atomic mass is 10.1. The predicted octanol–water partition coefficient (Wildman–Crippen LogP) is 4.32. The lowest BCUT2D eigenvalue weighted by molar-refractivity contribution is 0.0623. The minimum absolute atomic E-state index is 0.0798. The fourth-order valence-corrected chi connectivity index (χ4v) is 5.59. The molecule has 2 aliphatic heterocycles. The largest absolute Gasteiger partial charge is 0.385 e. The number of nitrogens with one attached hydrogen (secondary N) is 1. The maximum absolute atomic E-state index is 13.9. The first kappa shape index (κ1) is 22.8. The van der Waals surface area contributed by atoms with Gasteiger partial charge in [-0.3, -0.25) is 14.4 Å². The number of rotatable bonds is 4. The van der Waals surface area contributed by atoms with Gasteiger partial charge in [-0.25, -0.2) is 0 Å². The molecular weight excluding hydrogens is 398 g/mol. The Hall–Kier alpha value is -2.34. The van der Waals surface area contributed by atoms with Crippen LogP contribution in [0.5, 0.6) is 0 Å². The minimum atomic E-state index is 0.0798. The molecule has 174 valence electrons. The second kappa shape index (κ2) is 9.65. The zero-order chi connectivity index (χ0) is 22.8. The quantitative estimate of drug-likeness (QED) is 0.774. The Morgan fingerprint density at radius 1 is 1.12 bits per heavy atom. The first-order valence-corrected chi connectivity index (χ1v) is 12.2. The van der Waals surface area contributed by atoms with Crippen molar-refractivity contribution < 1.29 is 4.79 Å². The van der Waals surface area contributed by atoms with Crippen LogP contribution in [-0.2, 0) is 20.0 Å². The van der Waals surface area contributed by atoms with Crippen LogP contribution in [0.3, 0.4) is 0 Å². The van der Waals surface area contributed by atoms with Gasteiger partial charge in [-0.1, -0.05) is 32.0 Å².